The molecule has 3 rings (SSSR count). The summed E-state index contributed by atoms with van der Waals surface area (Å²) in [6, 6.07) is 9.04. The Bertz CT molecular complexity index is 401. The predicted molar refractivity (Wildman–Crippen MR) is 88.3 cm³/mol. The van der Waals surface area contributed by atoms with Crippen molar-refractivity contribution in [1.82, 2.24) is 10.2 Å². The second kappa shape index (κ2) is 6.10. The summed E-state index contributed by atoms with van der Waals surface area (Å²) in [5.41, 5.74) is 1.91. The molecule has 1 saturated carbocycles. The second-order valence-corrected chi connectivity index (χ2v) is 7.26. The van der Waals surface area contributed by atoms with Crippen LogP contribution in [-0.2, 0) is 6.54 Å². The highest BCUT2D eigenvalue weighted by atomic mass is 127. The highest BCUT2D eigenvalue weighted by Gasteiger charge is 2.39. The van der Waals surface area contributed by atoms with E-state index in [0.717, 1.165) is 13.1 Å². The smallest absolute Gasteiger partial charge is 0.0338 e. The maximum absolute atomic E-state index is 3.63. The molecule has 1 aliphatic carbocycles. The topological polar surface area (TPSA) is 15.3 Å². The maximum Gasteiger partial charge on any atom is 0.0338 e. The van der Waals surface area contributed by atoms with Gasteiger partial charge >= 0.3 is 0 Å². The van der Waals surface area contributed by atoms with Gasteiger partial charge in [-0.2, -0.15) is 0 Å². The van der Waals surface area contributed by atoms with Crippen molar-refractivity contribution in [2.24, 2.45) is 0 Å². The molecule has 104 valence electrons. The number of rotatable bonds is 2. The van der Waals surface area contributed by atoms with E-state index >= 15 is 0 Å². The van der Waals surface area contributed by atoms with E-state index in [1.54, 1.807) is 0 Å². The number of piperazine rings is 1. The first kappa shape index (κ1) is 13.8. The molecule has 1 saturated heterocycles. The van der Waals surface area contributed by atoms with E-state index in [9.17, 15) is 0 Å². The lowest BCUT2D eigenvalue weighted by Crippen LogP contribution is -2.61. The maximum atomic E-state index is 3.63. The largest absolute Gasteiger partial charge is 0.314 e. The first-order chi connectivity index (χ1) is 9.28. The van der Waals surface area contributed by atoms with Crippen LogP contribution in [0.25, 0.3) is 0 Å². The van der Waals surface area contributed by atoms with E-state index in [1.807, 2.05) is 0 Å². The molecule has 1 heterocycles. The number of halogens is 1. The predicted octanol–water partition coefficient (Wildman–Crippen LogP) is 3.40. The minimum Gasteiger partial charge on any atom is -0.314 e. The Morgan fingerprint density at radius 3 is 2.58 bits per heavy atom. The number of nitrogens with one attached hydrogen (secondary N) is 1. The van der Waals surface area contributed by atoms with Crippen molar-refractivity contribution in [3.05, 3.63) is 33.4 Å². The standard InChI is InChI=1S/C16H23IN2/c17-15-6-4-14(5-7-15)12-19-11-10-18-13-16(19)8-2-1-3-9-16/h4-7,18H,1-3,8-13H2. The Labute approximate surface area is 130 Å². The van der Waals surface area contributed by atoms with Crippen molar-refractivity contribution in [3.8, 4) is 0 Å². The Kier molecular flexibility index (Phi) is 4.44. The van der Waals surface area contributed by atoms with Crippen LogP contribution in [0.3, 0.4) is 0 Å². The molecule has 1 aromatic carbocycles. The fourth-order valence-electron chi connectivity index (χ4n) is 3.64. The van der Waals surface area contributed by atoms with Gasteiger partial charge in [-0.1, -0.05) is 31.4 Å². The first-order valence-electron chi connectivity index (χ1n) is 7.49. The van der Waals surface area contributed by atoms with Crippen molar-refractivity contribution in [2.75, 3.05) is 19.6 Å². The van der Waals surface area contributed by atoms with Crippen LogP contribution in [0.15, 0.2) is 24.3 Å². The van der Waals surface area contributed by atoms with Gasteiger partial charge in [-0.15, -0.1) is 0 Å². The average molecular weight is 370 g/mol. The average Bonchev–Trinajstić information content (AvgIpc) is 2.45. The van der Waals surface area contributed by atoms with E-state index in [2.05, 4.69) is 57.1 Å². The van der Waals surface area contributed by atoms with Crippen LogP contribution in [0.2, 0.25) is 0 Å². The molecule has 0 aromatic heterocycles. The summed E-state index contributed by atoms with van der Waals surface area (Å²) in [5, 5.41) is 3.63. The van der Waals surface area contributed by atoms with Gasteiger partial charge in [0.25, 0.3) is 0 Å². The lowest BCUT2D eigenvalue weighted by Gasteiger charge is -2.50. The quantitative estimate of drug-likeness (QED) is 0.803. The fraction of sp³-hybridized carbons (Fsp3) is 0.625. The normalized spacial score (nSPS) is 23.6. The highest BCUT2D eigenvalue weighted by molar-refractivity contribution is 14.1. The molecule has 1 aromatic rings. The first-order valence-corrected chi connectivity index (χ1v) is 8.57. The summed E-state index contributed by atoms with van der Waals surface area (Å²) in [6.45, 7) is 4.66. The molecule has 19 heavy (non-hydrogen) atoms. The summed E-state index contributed by atoms with van der Waals surface area (Å²) in [7, 11) is 0. The molecular formula is C16H23IN2. The summed E-state index contributed by atoms with van der Waals surface area (Å²) >= 11 is 2.38. The van der Waals surface area contributed by atoms with Crippen molar-refractivity contribution in [3.63, 3.8) is 0 Å². The zero-order valence-corrected chi connectivity index (χ0v) is 13.7. The third-order valence-corrected chi connectivity index (χ3v) is 5.47. The number of hydrogen-bond acceptors (Lipinski definition) is 2. The molecule has 0 amide bonds. The Morgan fingerprint density at radius 1 is 1.11 bits per heavy atom. The van der Waals surface area contributed by atoms with Gasteiger partial charge in [0.2, 0.25) is 0 Å². The van der Waals surface area contributed by atoms with Gasteiger partial charge in [-0.25, -0.2) is 0 Å². The van der Waals surface area contributed by atoms with Gasteiger partial charge in [-0.05, 0) is 53.1 Å². The molecule has 1 spiro atoms. The zero-order chi connectivity index (χ0) is 13.1. The van der Waals surface area contributed by atoms with Crippen LogP contribution < -0.4 is 5.32 Å². The van der Waals surface area contributed by atoms with Crippen molar-refractivity contribution < 1.29 is 0 Å². The van der Waals surface area contributed by atoms with E-state index in [-0.39, 0.29) is 0 Å². The molecule has 1 N–H and O–H groups in total. The molecular weight excluding hydrogens is 347 g/mol. The molecule has 2 nitrogen and oxygen atoms in total. The van der Waals surface area contributed by atoms with Gasteiger partial charge < -0.3 is 5.32 Å². The third-order valence-electron chi connectivity index (χ3n) is 4.75. The monoisotopic (exact) mass is 370 g/mol. The Hall–Kier alpha value is -0.130. The summed E-state index contributed by atoms with van der Waals surface area (Å²) < 4.78 is 1.33. The van der Waals surface area contributed by atoms with Crippen LogP contribution >= 0.6 is 22.6 Å². The molecule has 2 aliphatic rings. The second-order valence-electron chi connectivity index (χ2n) is 6.01. The lowest BCUT2D eigenvalue weighted by molar-refractivity contribution is 0.0209. The summed E-state index contributed by atoms with van der Waals surface area (Å²) in [4.78, 5) is 2.75. The molecule has 0 atom stereocenters. The van der Waals surface area contributed by atoms with E-state index in [1.165, 1.54) is 54.3 Å². The molecule has 1 aliphatic heterocycles. The number of benzene rings is 1. The molecule has 2 fully saturated rings. The van der Waals surface area contributed by atoms with Gasteiger partial charge in [0.15, 0.2) is 0 Å². The lowest BCUT2D eigenvalue weighted by atomic mass is 9.79. The van der Waals surface area contributed by atoms with Gasteiger partial charge in [-0.3, -0.25) is 4.90 Å². The van der Waals surface area contributed by atoms with Crippen LogP contribution in [0.4, 0.5) is 0 Å². The number of nitrogens with zero attached hydrogens (tertiary/aromatic N) is 1. The van der Waals surface area contributed by atoms with E-state index in [4.69, 9.17) is 0 Å². The molecule has 0 unspecified atom stereocenters. The number of hydrogen-bond donors (Lipinski definition) is 1. The summed E-state index contributed by atoms with van der Waals surface area (Å²) in [5.74, 6) is 0. The molecule has 0 bridgehead atoms. The van der Waals surface area contributed by atoms with E-state index in [0.29, 0.717) is 5.54 Å². The van der Waals surface area contributed by atoms with Crippen LogP contribution in [0, 0.1) is 3.57 Å². The van der Waals surface area contributed by atoms with E-state index < -0.39 is 0 Å². The minimum atomic E-state index is 0.444. The van der Waals surface area contributed by atoms with Crippen LogP contribution in [0.5, 0.6) is 0 Å². The van der Waals surface area contributed by atoms with Crippen molar-refractivity contribution in [2.45, 2.75) is 44.2 Å². The molecule has 0 radical (unpaired) electrons. The van der Waals surface area contributed by atoms with Gasteiger partial charge in [0, 0.05) is 35.3 Å². The minimum absolute atomic E-state index is 0.444. The highest BCUT2D eigenvalue weighted by Crippen LogP contribution is 2.35. The van der Waals surface area contributed by atoms with Crippen LogP contribution in [-0.4, -0.2) is 30.1 Å². The summed E-state index contributed by atoms with van der Waals surface area (Å²) in [6.07, 6.45) is 7.00. The van der Waals surface area contributed by atoms with Gasteiger partial charge in [0.05, 0.1) is 0 Å². The Morgan fingerprint density at radius 2 is 1.84 bits per heavy atom. The van der Waals surface area contributed by atoms with Gasteiger partial charge in [0.1, 0.15) is 0 Å². The van der Waals surface area contributed by atoms with Crippen molar-refractivity contribution >= 4 is 22.6 Å². The fourth-order valence-corrected chi connectivity index (χ4v) is 4.00. The van der Waals surface area contributed by atoms with Crippen molar-refractivity contribution in [1.29, 1.82) is 0 Å². The van der Waals surface area contributed by atoms with Crippen LogP contribution in [0.1, 0.15) is 37.7 Å². The Balaban J connectivity index is 1.75. The molecule has 3 heteroatoms. The third kappa shape index (κ3) is 3.14. The SMILES string of the molecule is Ic1ccc(CN2CCNCC23CCCCC3)cc1. The zero-order valence-electron chi connectivity index (χ0n) is 11.5.